The molecule has 1 atom stereocenters. The molecule has 0 radical (unpaired) electrons. The molecule has 0 aromatic carbocycles. The van der Waals surface area contributed by atoms with Gasteiger partial charge in [0.1, 0.15) is 16.4 Å². The van der Waals surface area contributed by atoms with Gasteiger partial charge in [-0.3, -0.25) is 19.1 Å². The number of aromatic nitrogens is 3. The number of nitrogens with one attached hydrogen (secondary N) is 1. The largest absolute Gasteiger partial charge is 0.385 e. The zero-order chi connectivity index (χ0) is 27.5. The number of rotatable bonds is 10. The molecule has 37 heavy (non-hydrogen) atoms. The van der Waals surface area contributed by atoms with Crippen LogP contribution in [0.2, 0.25) is 0 Å². The Hall–Kier alpha value is -2.97. The number of hydrogen-bond donors (Lipinski definition) is 2. The number of carbonyl (C=O) groups is 1. The molecule has 1 fully saturated rings. The highest BCUT2D eigenvalue weighted by molar-refractivity contribution is 7.89. The maximum atomic E-state index is 13.8. The normalized spacial score (nSPS) is 16.9. The average Bonchev–Trinajstić information content (AvgIpc) is 3.18. The van der Waals surface area contributed by atoms with Crippen molar-refractivity contribution in [3.63, 3.8) is 0 Å². The van der Waals surface area contributed by atoms with Gasteiger partial charge in [0, 0.05) is 39.9 Å². The molecular weight excluding hydrogens is 504 g/mol. The predicted molar refractivity (Wildman–Crippen MR) is 137 cm³/mol. The van der Waals surface area contributed by atoms with Crippen molar-refractivity contribution < 1.29 is 22.5 Å². The first-order chi connectivity index (χ1) is 17.4. The van der Waals surface area contributed by atoms with E-state index in [9.17, 15) is 22.8 Å². The second-order valence-electron chi connectivity index (χ2n) is 9.69. The number of ether oxygens (including phenoxy) is 1. The highest BCUT2D eigenvalue weighted by atomic mass is 32.2. The van der Waals surface area contributed by atoms with Gasteiger partial charge in [-0.15, -0.1) is 0 Å². The lowest BCUT2D eigenvalue weighted by atomic mass is 9.97. The van der Waals surface area contributed by atoms with Crippen molar-refractivity contribution >= 4 is 27.4 Å². The third-order valence-corrected chi connectivity index (χ3v) is 8.44. The van der Waals surface area contributed by atoms with E-state index >= 15 is 0 Å². The molecule has 3 heterocycles. The molecule has 206 valence electrons. The number of anilines is 2. The van der Waals surface area contributed by atoms with Gasteiger partial charge < -0.3 is 19.9 Å². The molecule has 3 rings (SSSR count). The van der Waals surface area contributed by atoms with Crippen LogP contribution in [0.15, 0.2) is 19.0 Å². The van der Waals surface area contributed by atoms with Gasteiger partial charge in [0.25, 0.3) is 5.56 Å². The highest BCUT2D eigenvalue weighted by Crippen LogP contribution is 2.30. The van der Waals surface area contributed by atoms with Gasteiger partial charge in [0.15, 0.2) is 11.4 Å². The maximum Gasteiger partial charge on any atom is 0.330 e. The van der Waals surface area contributed by atoms with Crippen LogP contribution < -0.4 is 21.9 Å². The molecule has 3 N–H and O–H groups in total. The third kappa shape index (κ3) is 5.96. The standard InChI is InChI=1S/C23H36N6O7S/c1-14(2)12-29-20(24)18(21(30)25-23(29)32)28(10-7-11-35-5)22(31)17-8-6-9-27(13-17)37(33,34)19-15(3)26-36-16(19)4/h14,17H,6-13,24H2,1-5H3,(H,25,30,32). The molecule has 13 nitrogen and oxygen atoms in total. The summed E-state index contributed by atoms with van der Waals surface area (Å²) in [5.41, 5.74) is 5.00. The molecule has 0 bridgehead atoms. The number of aromatic amines is 1. The van der Waals surface area contributed by atoms with Crippen molar-refractivity contribution in [2.75, 3.05) is 44.0 Å². The Kier molecular flexibility index (Phi) is 8.97. The number of sulfonamides is 1. The molecule has 1 amide bonds. The second kappa shape index (κ2) is 11.6. The van der Waals surface area contributed by atoms with Crippen molar-refractivity contribution in [1.82, 2.24) is 19.0 Å². The van der Waals surface area contributed by atoms with Crippen LogP contribution >= 0.6 is 0 Å². The Balaban J connectivity index is 1.99. The molecule has 1 unspecified atom stereocenters. The summed E-state index contributed by atoms with van der Waals surface area (Å²) in [7, 11) is -2.43. The van der Waals surface area contributed by atoms with Crippen molar-refractivity contribution in [2.45, 2.75) is 58.4 Å². The molecule has 1 saturated heterocycles. The molecule has 0 saturated carbocycles. The summed E-state index contributed by atoms with van der Waals surface area (Å²) in [5, 5.41) is 3.75. The van der Waals surface area contributed by atoms with E-state index in [2.05, 4.69) is 10.1 Å². The van der Waals surface area contributed by atoms with Gasteiger partial charge in [-0.2, -0.15) is 4.31 Å². The topological polar surface area (TPSA) is 174 Å². The zero-order valence-corrected chi connectivity index (χ0v) is 22.8. The minimum absolute atomic E-state index is 0.000926. The van der Waals surface area contributed by atoms with Crippen LogP contribution in [0, 0.1) is 25.7 Å². The Bertz CT molecular complexity index is 1320. The van der Waals surface area contributed by atoms with E-state index in [0.29, 0.717) is 25.9 Å². The van der Waals surface area contributed by atoms with Gasteiger partial charge in [0.2, 0.25) is 15.9 Å². The van der Waals surface area contributed by atoms with Crippen molar-refractivity contribution in [3.8, 4) is 0 Å². The fourth-order valence-corrected chi connectivity index (χ4v) is 6.45. The molecule has 1 aliphatic rings. The molecule has 1 aliphatic heterocycles. The van der Waals surface area contributed by atoms with Gasteiger partial charge >= 0.3 is 5.69 Å². The molecule has 14 heteroatoms. The maximum absolute atomic E-state index is 13.8. The number of aryl methyl sites for hydroxylation is 2. The minimum Gasteiger partial charge on any atom is -0.385 e. The van der Waals surface area contributed by atoms with E-state index < -0.39 is 33.1 Å². The third-order valence-electron chi connectivity index (χ3n) is 6.33. The highest BCUT2D eigenvalue weighted by Gasteiger charge is 2.38. The first-order valence-electron chi connectivity index (χ1n) is 12.3. The fraction of sp³-hybridized carbons (Fsp3) is 0.652. The van der Waals surface area contributed by atoms with E-state index in [4.69, 9.17) is 15.0 Å². The van der Waals surface area contributed by atoms with E-state index in [-0.39, 0.29) is 60.0 Å². The smallest absolute Gasteiger partial charge is 0.330 e. The Morgan fingerprint density at radius 3 is 2.62 bits per heavy atom. The summed E-state index contributed by atoms with van der Waals surface area (Å²) in [5.74, 6) is -1.04. The summed E-state index contributed by atoms with van der Waals surface area (Å²) < 4.78 is 39.4. The van der Waals surface area contributed by atoms with Gasteiger partial charge in [0.05, 0.1) is 5.92 Å². The molecular formula is C23H36N6O7S. The fourth-order valence-electron chi connectivity index (χ4n) is 4.64. The van der Waals surface area contributed by atoms with Gasteiger partial charge in [-0.05, 0) is 39.0 Å². The lowest BCUT2D eigenvalue weighted by Crippen LogP contribution is -2.49. The number of methoxy groups -OCH3 is 1. The predicted octanol–water partition coefficient (Wildman–Crippen LogP) is 0.850. The van der Waals surface area contributed by atoms with E-state index in [1.807, 2.05) is 13.8 Å². The minimum atomic E-state index is -3.95. The number of nitrogens with two attached hydrogens (primary N) is 1. The summed E-state index contributed by atoms with van der Waals surface area (Å²) in [6.45, 7) is 7.71. The monoisotopic (exact) mass is 540 g/mol. The Morgan fingerprint density at radius 2 is 2.03 bits per heavy atom. The van der Waals surface area contributed by atoms with Crippen LogP contribution in [0.1, 0.15) is 44.6 Å². The second-order valence-corrected chi connectivity index (χ2v) is 11.6. The first kappa shape index (κ1) is 28.6. The lowest BCUT2D eigenvalue weighted by Gasteiger charge is -2.34. The van der Waals surface area contributed by atoms with Gasteiger partial charge in [-0.1, -0.05) is 19.0 Å². The van der Waals surface area contributed by atoms with Crippen molar-refractivity contribution in [1.29, 1.82) is 0 Å². The van der Waals surface area contributed by atoms with Crippen LogP contribution in [0.4, 0.5) is 11.5 Å². The Labute approximate surface area is 215 Å². The van der Waals surface area contributed by atoms with Crippen LogP contribution in [0.25, 0.3) is 0 Å². The molecule has 0 spiro atoms. The number of H-pyrrole nitrogens is 1. The average molecular weight is 541 g/mol. The van der Waals surface area contributed by atoms with Crippen molar-refractivity contribution in [2.24, 2.45) is 11.8 Å². The molecule has 2 aromatic rings. The van der Waals surface area contributed by atoms with E-state index in [1.165, 1.54) is 27.8 Å². The lowest BCUT2D eigenvalue weighted by molar-refractivity contribution is -0.123. The summed E-state index contributed by atoms with van der Waals surface area (Å²) >= 11 is 0. The zero-order valence-electron chi connectivity index (χ0n) is 21.9. The van der Waals surface area contributed by atoms with Gasteiger partial charge in [-0.25, -0.2) is 13.2 Å². The van der Waals surface area contributed by atoms with E-state index in [1.54, 1.807) is 6.92 Å². The SMILES string of the molecule is COCCCN(C(=O)C1CCCN(S(=O)(=O)c2c(C)noc2C)C1)c1c(N)n(CC(C)C)c(=O)[nH]c1=O. The van der Waals surface area contributed by atoms with E-state index in [0.717, 1.165) is 0 Å². The summed E-state index contributed by atoms with van der Waals surface area (Å²) in [6.07, 6.45) is 1.28. The Morgan fingerprint density at radius 1 is 1.32 bits per heavy atom. The van der Waals surface area contributed by atoms with Crippen LogP contribution in [0.5, 0.6) is 0 Å². The summed E-state index contributed by atoms with van der Waals surface area (Å²) in [4.78, 5) is 42.7. The van der Waals surface area contributed by atoms with Crippen LogP contribution in [-0.2, 0) is 26.1 Å². The molecule has 0 aliphatic carbocycles. The summed E-state index contributed by atoms with van der Waals surface area (Å²) in [6, 6.07) is 0. The number of carbonyl (C=O) groups excluding carboxylic acids is 1. The first-order valence-corrected chi connectivity index (χ1v) is 13.7. The number of nitrogen functional groups attached to an aromatic ring is 1. The number of hydrogen-bond acceptors (Lipinski definition) is 9. The molecule has 2 aromatic heterocycles. The quantitative estimate of drug-likeness (QED) is 0.414. The number of nitrogens with zero attached hydrogens (tertiary/aromatic N) is 4. The van der Waals surface area contributed by atoms with Crippen LogP contribution in [0.3, 0.4) is 0 Å². The number of piperidine rings is 1. The van der Waals surface area contributed by atoms with Crippen LogP contribution in [-0.4, -0.2) is 66.7 Å². The van der Waals surface area contributed by atoms with Crippen molar-refractivity contribution in [3.05, 3.63) is 32.3 Å². The number of amides is 1.